The van der Waals surface area contributed by atoms with Crippen LogP contribution < -0.4 is 15.4 Å². The molecule has 7 nitrogen and oxygen atoms in total. The van der Waals surface area contributed by atoms with Gasteiger partial charge in [0.05, 0.1) is 22.9 Å². The van der Waals surface area contributed by atoms with Crippen molar-refractivity contribution in [1.82, 2.24) is 0 Å². The Morgan fingerprint density at radius 1 is 1.08 bits per heavy atom. The van der Waals surface area contributed by atoms with Crippen molar-refractivity contribution >= 4 is 63.0 Å². The van der Waals surface area contributed by atoms with Crippen LogP contribution in [0.5, 0.6) is 5.75 Å². The predicted octanol–water partition coefficient (Wildman–Crippen LogP) is 6.63. The number of fused-ring (bicyclic) bond motifs is 1. The van der Waals surface area contributed by atoms with Gasteiger partial charge in [-0.1, -0.05) is 30.1 Å². The highest BCUT2D eigenvalue weighted by Gasteiger charge is 2.29. The zero-order valence-corrected chi connectivity index (χ0v) is 22.7. The van der Waals surface area contributed by atoms with E-state index in [2.05, 4.69) is 17.6 Å². The number of ether oxygens (including phenoxy) is 2. The topological polar surface area (TPSA) is 93.7 Å². The Morgan fingerprint density at radius 2 is 1.84 bits per heavy atom. The van der Waals surface area contributed by atoms with Gasteiger partial charge in [0.15, 0.2) is 6.61 Å². The fourth-order valence-corrected chi connectivity index (χ4v) is 5.81. The number of halogens is 2. The lowest BCUT2D eigenvalue weighted by Crippen LogP contribution is -2.21. The van der Waals surface area contributed by atoms with Crippen molar-refractivity contribution in [3.05, 3.63) is 74.1 Å². The third kappa shape index (κ3) is 6.63. The van der Waals surface area contributed by atoms with E-state index < -0.39 is 11.9 Å². The van der Waals surface area contributed by atoms with Crippen molar-refractivity contribution in [2.24, 2.45) is 5.92 Å². The average molecular weight is 561 g/mol. The van der Waals surface area contributed by atoms with Crippen molar-refractivity contribution in [3.63, 3.8) is 0 Å². The van der Waals surface area contributed by atoms with Gasteiger partial charge in [-0.15, -0.1) is 11.3 Å². The van der Waals surface area contributed by atoms with E-state index in [1.807, 2.05) is 0 Å². The van der Waals surface area contributed by atoms with Gasteiger partial charge < -0.3 is 20.1 Å². The maximum Gasteiger partial charge on any atom is 0.341 e. The molecule has 0 bridgehead atoms. The van der Waals surface area contributed by atoms with Crippen LogP contribution in [0, 0.1) is 5.92 Å². The summed E-state index contributed by atoms with van der Waals surface area (Å²) in [6.45, 7) is 3.94. The number of esters is 1. The summed E-state index contributed by atoms with van der Waals surface area (Å²) in [5, 5.41) is 6.86. The molecule has 1 aliphatic carbocycles. The SMILES string of the molecule is CCOC(=O)c1c(NC(=O)COc2ccc(C(=O)Nc3cc(Cl)ccc3Cl)cc2)sc2c1CCC(C)C2. The summed E-state index contributed by atoms with van der Waals surface area (Å²) < 4.78 is 10.9. The van der Waals surface area contributed by atoms with Crippen LogP contribution in [0.2, 0.25) is 10.0 Å². The van der Waals surface area contributed by atoms with Crippen molar-refractivity contribution in [2.45, 2.75) is 33.1 Å². The summed E-state index contributed by atoms with van der Waals surface area (Å²) in [5.41, 5.74) is 2.22. The lowest BCUT2D eigenvalue weighted by molar-refractivity contribution is -0.118. The van der Waals surface area contributed by atoms with E-state index >= 15 is 0 Å². The third-order valence-corrected chi connectivity index (χ3v) is 7.64. The molecule has 1 aliphatic rings. The summed E-state index contributed by atoms with van der Waals surface area (Å²) in [5.74, 6) is -0.234. The molecule has 1 unspecified atom stereocenters. The van der Waals surface area contributed by atoms with E-state index in [1.54, 1.807) is 49.4 Å². The molecule has 1 atom stereocenters. The maximum atomic E-state index is 12.7. The number of hydrogen-bond acceptors (Lipinski definition) is 6. The Balaban J connectivity index is 1.37. The molecule has 0 saturated heterocycles. The van der Waals surface area contributed by atoms with Crippen LogP contribution >= 0.6 is 34.5 Å². The van der Waals surface area contributed by atoms with Gasteiger partial charge >= 0.3 is 5.97 Å². The first-order valence-corrected chi connectivity index (χ1v) is 13.4. The number of carbonyl (C=O) groups excluding carboxylic acids is 3. The van der Waals surface area contributed by atoms with Crippen LogP contribution in [0.1, 0.15) is 51.4 Å². The predicted molar refractivity (Wildman–Crippen MR) is 146 cm³/mol. The highest BCUT2D eigenvalue weighted by molar-refractivity contribution is 7.17. The Kier molecular flexibility index (Phi) is 8.74. The number of carbonyl (C=O) groups is 3. The van der Waals surface area contributed by atoms with Gasteiger partial charge in [-0.2, -0.15) is 0 Å². The maximum absolute atomic E-state index is 12.7. The van der Waals surface area contributed by atoms with Crippen LogP contribution in [0.4, 0.5) is 10.7 Å². The minimum Gasteiger partial charge on any atom is -0.484 e. The number of thiophene rings is 1. The first-order valence-electron chi connectivity index (χ1n) is 11.9. The second-order valence-corrected chi connectivity index (χ2v) is 10.7. The molecule has 194 valence electrons. The minimum absolute atomic E-state index is 0.259. The first-order chi connectivity index (χ1) is 17.7. The molecule has 0 saturated carbocycles. The monoisotopic (exact) mass is 560 g/mol. The standard InChI is InChI=1S/C27H26Cl2N2O5S/c1-3-35-27(34)24-19-10-4-15(2)12-22(19)37-26(24)31-23(32)14-36-18-8-5-16(6-9-18)25(33)30-21-13-17(28)7-11-20(21)29/h5-9,11,13,15H,3-4,10,12,14H2,1-2H3,(H,30,33)(H,31,32). The summed E-state index contributed by atoms with van der Waals surface area (Å²) >= 11 is 13.5. The molecule has 1 heterocycles. The Bertz CT molecular complexity index is 1320. The molecule has 10 heteroatoms. The van der Waals surface area contributed by atoms with Crippen molar-refractivity contribution in [3.8, 4) is 5.75 Å². The van der Waals surface area contributed by atoms with E-state index in [-0.39, 0.29) is 19.1 Å². The lowest BCUT2D eigenvalue weighted by atomic mass is 9.88. The van der Waals surface area contributed by atoms with Gasteiger partial charge in [0.1, 0.15) is 10.8 Å². The molecular formula is C27H26Cl2N2O5S. The molecule has 0 spiro atoms. The molecule has 0 radical (unpaired) electrons. The highest BCUT2D eigenvalue weighted by Crippen LogP contribution is 2.40. The van der Waals surface area contributed by atoms with E-state index in [0.29, 0.717) is 43.5 Å². The Morgan fingerprint density at radius 3 is 2.57 bits per heavy atom. The van der Waals surface area contributed by atoms with E-state index in [0.717, 1.165) is 29.7 Å². The van der Waals surface area contributed by atoms with Gasteiger partial charge in [-0.3, -0.25) is 9.59 Å². The molecular weight excluding hydrogens is 535 g/mol. The fourth-order valence-electron chi connectivity index (χ4n) is 4.06. The molecule has 2 N–H and O–H groups in total. The van der Waals surface area contributed by atoms with Gasteiger partial charge in [0.2, 0.25) is 0 Å². The largest absolute Gasteiger partial charge is 0.484 e. The lowest BCUT2D eigenvalue weighted by Gasteiger charge is -2.18. The number of rotatable bonds is 8. The van der Waals surface area contributed by atoms with Crippen LogP contribution in [-0.2, 0) is 22.4 Å². The number of nitrogens with one attached hydrogen (secondary N) is 2. The van der Waals surface area contributed by atoms with Gasteiger partial charge in [-0.05, 0) is 80.1 Å². The second kappa shape index (κ2) is 12.0. The van der Waals surface area contributed by atoms with Gasteiger partial charge in [0, 0.05) is 15.5 Å². The quantitative estimate of drug-likeness (QED) is 0.301. The van der Waals surface area contributed by atoms with E-state index in [1.165, 1.54) is 11.3 Å². The Labute approximate surface area is 229 Å². The average Bonchev–Trinajstić information content (AvgIpc) is 3.22. The summed E-state index contributed by atoms with van der Waals surface area (Å²) in [6.07, 6.45) is 2.66. The van der Waals surface area contributed by atoms with E-state index in [4.69, 9.17) is 32.7 Å². The fraction of sp³-hybridized carbons (Fsp3) is 0.296. The smallest absolute Gasteiger partial charge is 0.341 e. The molecule has 3 aromatic rings. The zero-order chi connectivity index (χ0) is 26.5. The molecule has 2 amide bonds. The van der Waals surface area contributed by atoms with Crippen LogP contribution in [0.25, 0.3) is 0 Å². The molecule has 1 aromatic heterocycles. The van der Waals surface area contributed by atoms with Crippen molar-refractivity contribution < 1.29 is 23.9 Å². The second-order valence-electron chi connectivity index (χ2n) is 8.72. The normalized spacial score (nSPS) is 14.4. The summed E-state index contributed by atoms with van der Waals surface area (Å²) in [7, 11) is 0. The molecule has 4 rings (SSSR count). The van der Waals surface area contributed by atoms with Crippen LogP contribution in [-0.4, -0.2) is 31.0 Å². The van der Waals surface area contributed by atoms with Crippen molar-refractivity contribution in [2.75, 3.05) is 23.8 Å². The molecule has 0 fully saturated rings. The third-order valence-electron chi connectivity index (χ3n) is 5.91. The molecule has 37 heavy (non-hydrogen) atoms. The number of hydrogen-bond donors (Lipinski definition) is 2. The highest BCUT2D eigenvalue weighted by atomic mass is 35.5. The number of anilines is 2. The molecule has 0 aliphatic heterocycles. The number of benzene rings is 2. The summed E-state index contributed by atoms with van der Waals surface area (Å²) in [4.78, 5) is 39.0. The van der Waals surface area contributed by atoms with Crippen LogP contribution in [0.3, 0.4) is 0 Å². The Hall–Kier alpha value is -3.07. The molecule has 2 aromatic carbocycles. The zero-order valence-electron chi connectivity index (χ0n) is 20.4. The minimum atomic E-state index is -0.418. The van der Waals surface area contributed by atoms with Gasteiger partial charge in [-0.25, -0.2) is 4.79 Å². The van der Waals surface area contributed by atoms with Crippen LogP contribution in [0.15, 0.2) is 42.5 Å². The van der Waals surface area contributed by atoms with Crippen molar-refractivity contribution in [1.29, 1.82) is 0 Å². The number of amides is 2. The van der Waals surface area contributed by atoms with E-state index in [9.17, 15) is 14.4 Å². The first kappa shape index (κ1) is 27.0. The van der Waals surface area contributed by atoms with Gasteiger partial charge in [0.25, 0.3) is 11.8 Å². The summed E-state index contributed by atoms with van der Waals surface area (Å²) in [6, 6.07) is 11.1.